The molecule has 0 spiro atoms. The molecule has 2 unspecified atom stereocenters. The maximum absolute atomic E-state index is 11.6. The Morgan fingerprint density at radius 2 is 2.16 bits per heavy atom. The summed E-state index contributed by atoms with van der Waals surface area (Å²) in [6.07, 6.45) is 9.33. The van der Waals surface area contributed by atoms with Crippen molar-refractivity contribution in [3.8, 4) is 0 Å². The standard InChI is InChI=1S/C14H24O3S2/c15-13(17-14-8-4-5-10-16-14)7-3-1-2-6-12-9-11-18-19-12/h12,14H,1-11H2. The van der Waals surface area contributed by atoms with E-state index >= 15 is 0 Å². The second-order valence-electron chi connectivity index (χ2n) is 5.21. The van der Waals surface area contributed by atoms with Crippen LogP contribution in [0.3, 0.4) is 0 Å². The van der Waals surface area contributed by atoms with E-state index in [1.165, 1.54) is 25.0 Å². The molecule has 0 aliphatic carbocycles. The second-order valence-corrected chi connectivity index (χ2v) is 8.00. The molecule has 2 aliphatic rings. The largest absolute Gasteiger partial charge is 0.436 e. The average molecular weight is 304 g/mol. The number of rotatable bonds is 7. The van der Waals surface area contributed by atoms with Gasteiger partial charge in [-0.1, -0.05) is 34.4 Å². The first-order chi connectivity index (χ1) is 9.34. The zero-order valence-corrected chi connectivity index (χ0v) is 13.1. The van der Waals surface area contributed by atoms with Gasteiger partial charge in [-0.25, -0.2) is 0 Å². The highest BCUT2D eigenvalue weighted by molar-refractivity contribution is 8.77. The molecule has 0 aromatic heterocycles. The minimum absolute atomic E-state index is 0.0855. The van der Waals surface area contributed by atoms with Crippen LogP contribution in [0.25, 0.3) is 0 Å². The van der Waals surface area contributed by atoms with E-state index in [4.69, 9.17) is 9.47 Å². The summed E-state index contributed by atoms with van der Waals surface area (Å²) in [7, 11) is 4.04. The van der Waals surface area contributed by atoms with Crippen LogP contribution in [0.1, 0.15) is 57.8 Å². The fourth-order valence-corrected chi connectivity index (χ4v) is 5.42. The summed E-state index contributed by atoms with van der Waals surface area (Å²) in [5.41, 5.74) is 0. The molecule has 2 fully saturated rings. The summed E-state index contributed by atoms with van der Waals surface area (Å²) in [6.45, 7) is 0.731. The predicted octanol–water partition coefficient (Wildman–Crippen LogP) is 4.16. The van der Waals surface area contributed by atoms with Gasteiger partial charge in [0.2, 0.25) is 6.29 Å². The molecular formula is C14H24O3S2. The van der Waals surface area contributed by atoms with Crippen LogP contribution in [0, 0.1) is 0 Å². The molecule has 0 aromatic carbocycles. The van der Waals surface area contributed by atoms with E-state index in [0.717, 1.165) is 44.0 Å². The third kappa shape index (κ3) is 6.41. The normalized spacial score (nSPS) is 27.4. The molecule has 2 aliphatic heterocycles. The number of esters is 1. The van der Waals surface area contributed by atoms with Gasteiger partial charge in [-0.3, -0.25) is 4.79 Å². The van der Waals surface area contributed by atoms with E-state index in [2.05, 4.69) is 0 Å². The highest BCUT2D eigenvalue weighted by atomic mass is 33.1. The zero-order valence-electron chi connectivity index (χ0n) is 11.5. The molecule has 3 nitrogen and oxygen atoms in total. The summed E-state index contributed by atoms with van der Waals surface area (Å²) in [5, 5.41) is 0.854. The monoisotopic (exact) mass is 304 g/mol. The molecule has 19 heavy (non-hydrogen) atoms. The SMILES string of the molecule is O=C(CCCCCC1CCSS1)OC1CCCCO1. The fourth-order valence-electron chi connectivity index (χ4n) is 2.39. The Labute approximate surface area is 124 Å². The quantitative estimate of drug-likeness (QED) is 0.401. The average Bonchev–Trinajstić information content (AvgIpc) is 2.92. The van der Waals surface area contributed by atoms with Crippen molar-refractivity contribution in [1.82, 2.24) is 0 Å². The van der Waals surface area contributed by atoms with E-state index in [9.17, 15) is 4.79 Å². The molecule has 110 valence electrons. The third-order valence-electron chi connectivity index (χ3n) is 3.54. The van der Waals surface area contributed by atoms with Crippen LogP contribution in [0.15, 0.2) is 0 Å². The van der Waals surface area contributed by atoms with Crippen LogP contribution in [-0.4, -0.2) is 29.9 Å². The lowest BCUT2D eigenvalue weighted by Crippen LogP contribution is -2.25. The van der Waals surface area contributed by atoms with Crippen molar-refractivity contribution >= 4 is 27.6 Å². The van der Waals surface area contributed by atoms with Crippen molar-refractivity contribution in [2.45, 2.75) is 69.3 Å². The van der Waals surface area contributed by atoms with Crippen molar-refractivity contribution < 1.29 is 14.3 Å². The number of carbonyl (C=O) groups excluding carboxylic acids is 1. The van der Waals surface area contributed by atoms with E-state index in [1.54, 1.807) is 0 Å². The predicted molar refractivity (Wildman–Crippen MR) is 81.2 cm³/mol. The van der Waals surface area contributed by atoms with E-state index in [1.807, 2.05) is 21.6 Å². The lowest BCUT2D eigenvalue weighted by atomic mass is 10.1. The first-order valence-corrected chi connectivity index (χ1v) is 9.82. The zero-order chi connectivity index (χ0) is 13.3. The van der Waals surface area contributed by atoms with E-state index < -0.39 is 0 Å². The van der Waals surface area contributed by atoms with Gasteiger partial charge < -0.3 is 9.47 Å². The van der Waals surface area contributed by atoms with E-state index in [-0.39, 0.29) is 12.3 Å². The lowest BCUT2D eigenvalue weighted by Gasteiger charge is -2.22. The second kappa shape index (κ2) is 9.14. The smallest absolute Gasteiger partial charge is 0.308 e. The topological polar surface area (TPSA) is 35.5 Å². The molecule has 0 radical (unpaired) electrons. The van der Waals surface area contributed by atoms with Gasteiger partial charge in [0, 0.05) is 23.8 Å². The summed E-state index contributed by atoms with van der Waals surface area (Å²) in [6, 6.07) is 0. The minimum Gasteiger partial charge on any atom is -0.436 e. The van der Waals surface area contributed by atoms with Crippen LogP contribution in [0.5, 0.6) is 0 Å². The van der Waals surface area contributed by atoms with E-state index in [0.29, 0.717) is 6.42 Å². The first kappa shape index (κ1) is 15.5. The Kier molecular flexibility index (Phi) is 7.46. The summed E-state index contributed by atoms with van der Waals surface area (Å²) in [4.78, 5) is 11.6. The molecule has 0 bridgehead atoms. The molecule has 2 atom stereocenters. The Morgan fingerprint density at radius 1 is 1.21 bits per heavy atom. The summed E-state index contributed by atoms with van der Waals surface area (Å²) in [5.74, 6) is 1.22. The van der Waals surface area contributed by atoms with Crippen LogP contribution in [0.2, 0.25) is 0 Å². The van der Waals surface area contributed by atoms with Crippen molar-refractivity contribution in [2.75, 3.05) is 12.4 Å². The van der Waals surface area contributed by atoms with Crippen LogP contribution in [0.4, 0.5) is 0 Å². The van der Waals surface area contributed by atoms with Gasteiger partial charge in [-0.15, -0.1) is 0 Å². The number of hydrogen-bond donors (Lipinski definition) is 0. The maximum atomic E-state index is 11.6. The molecule has 0 aromatic rings. The Morgan fingerprint density at radius 3 is 2.89 bits per heavy atom. The van der Waals surface area contributed by atoms with Crippen molar-refractivity contribution in [1.29, 1.82) is 0 Å². The molecule has 2 saturated heterocycles. The Bertz CT molecular complexity index is 261. The molecule has 2 rings (SSSR count). The molecule has 0 saturated carbocycles. The molecular weight excluding hydrogens is 280 g/mol. The molecule has 0 N–H and O–H groups in total. The highest BCUT2D eigenvalue weighted by Crippen LogP contribution is 2.39. The minimum atomic E-state index is -0.270. The number of ether oxygens (including phenoxy) is 2. The van der Waals surface area contributed by atoms with Crippen LogP contribution in [-0.2, 0) is 14.3 Å². The van der Waals surface area contributed by atoms with Gasteiger partial charge in [0.15, 0.2) is 0 Å². The van der Waals surface area contributed by atoms with Gasteiger partial charge in [-0.2, -0.15) is 0 Å². The van der Waals surface area contributed by atoms with Crippen LogP contribution >= 0.6 is 21.6 Å². The number of carbonyl (C=O) groups is 1. The van der Waals surface area contributed by atoms with Crippen molar-refractivity contribution in [3.63, 3.8) is 0 Å². The third-order valence-corrected chi connectivity index (χ3v) is 6.54. The molecule has 2 heterocycles. The summed E-state index contributed by atoms with van der Waals surface area (Å²) >= 11 is 0. The van der Waals surface area contributed by atoms with Crippen molar-refractivity contribution in [2.24, 2.45) is 0 Å². The van der Waals surface area contributed by atoms with Gasteiger partial charge in [0.05, 0.1) is 6.61 Å². The Balaban J connectivity index is 1.44. The molecule has 0 amide bonds. The van der Waals surface area contributed by atoms with Crippen molar-refractivity contribution in [3.05, 3.63) is 0 Å². The molecule has 5 heteroatoms. The van der Waals surface area contributed by atoms with Gasteiger partial charge in [-0.05, 0) is 32.1 Å². The summed E-state index contributed by atoms with van der Waals surface area (Å²) < 4.78 is 10.7. The highest BCUT2D eigenvalue weighted by Gasteiger charge is 2.18. The van der Waals surface area contributed by atoms with Gasteiger partial charge >= 0.3 is 5.97 Å². The number of hydrogen-bond acceptors (Lipinski definition) is 5. The van der Waals surface area contributed by atoms with Crippen LogP contribution < -0.4 is 0 Å². The Hall–Kier alpha value is 0.130. The van der Waals surface area contributed by atoms with Gasteiger partial charge in [0.25, 0.3) is 0 Å². The maximum Gasteiger partial charge on any atom is 0.308 e. The first-order valence-electron chi connectivity index (χ1n) is 7.44. The number of unbranched alkanes of at least 4 members (excludes halogenated alkanes) is 2. The fraction of sp³-hybridized carbons (Fsp3) is 0.929. The van der Waals surface area contributed by atoms with Gasteiger partial charge in [0.1, 0.15) is 0 Å². The lowest BCUT2D eigenvalue weighted by molar-refractivity contribution is -0.186.